The van der Waals surface area contributed by atoms with Gasteiger partial charge in [-0.15, -0.1) is 0 Å². The zero-order valence-corrected chi connectivity index (χ0v) is 15.2. The number of nitrogens with zero attached hydrogens (tertiary/aromatic N) is 3. The highest BCUT2D eigenvalue weighted by atomic mass is 16.6. The molecule has 3 amide bonds. The summed E-state index contributed by atoms with van der Waals surface area (Å²) in [6, 6.07) is 8.63. The van der Waals surface area contributed by atoms with Gasteiger partial charge >= 0.3 is 6.09 Å². The van der Waals surface area contributed by atoms with Crippen molar-refractivity contribution in [3.8, 4) is 6.07 Å². The summed E-state index contributed by atoms with van der Waals surface area (Å²) in [7, 11) is 0. The molecule has 1 aromatic rings. The molecule has 2 fully saturated rings. The van der Waals surface area contributed by atoms with Crippen LogP contribution in [0, 0.1) is 23.2 Å². The molecule has 0 spiro atoms. The lowest BCUT2D eigenvalue weighted by atomic mass is 10.2. The van der Waals surface area contributed by atoms with Crippen LogP contribution in [0.2, 0.25) is 0 Å². The first-order chi connectivity index (χ1) is 13.0. The van der Waals surface area contributed by atoms with E-state index in [1.54, 1.807) is 41.0 Å². The van der Waals surface area contributed by atoms with Crippen molar-refractivity contribution in [2.75, 3.05) is 38.1 Å². The summed E-state index contributed by atoms with van der Waals surface area (Å²) in [4.78, 5) is 39.9. The summed E-state index contributed by atoms with van der Waals surface area (Å²) in [5, 5.41) is 11.6. The van der Waals surface area contributed by atoms with E-state index in [0.29, 0.717) is 50.5 Å². The standard InChI is InChI=1S/C19H22N4O4/c1-2-27-19(26)23-9-7-22(8-10-23)18(25)16-11-15(16)17(24)21-14-5-3-13(12-20)4-6-14/h3-6,15-16H,2,7-11H2,1H3,(H,21,24). The second-order valence-electron chi connectivity index (χ2n) is 6.64. The third-order valence-corrected chi connectivity index (χ3v) is 4.84. The fourth-order valence-corrected chi connectivity index (χ4v) is 3.18. The van der Waals surface area contributed by atoms with E-state index < -0.39 is 0 Å². The molecule has 1 N–H and O–H groups in total. The van der Waals surface area contributed by atoms with Crippen LogP contribution >= 0.6 is 0 Å². The number of carbonyl (C=O) groups excluding carboxylic acids is 3. The smallest absolute Gasteiger partial charge is 0.409 e. The van der Waals surface area contributed by atoms with E-state index in [-0.39, 0.29) is 29.7 Å². The van der Waals surface area contributed by atoms with Crippen molar-refractivity contribution in [2.45, 2.75) is 13.3 Å². The number of ether oxygens (including phenoxy) is 1. The molecular weight excluding hydrogens is 348 g/mol. The maximum atomic E-state index is 12.6. The molecule has 0 bridgehead atoms. The molecule has 8 heteroatoms. The van der Waals surface area contributed by atoms with E-state index in [1.807, 2.05) is 6.07 Å². The number of benzene rings is 1. The maximum absolute atomic E-state index is 12.6. The van der Waals surface area contributed by atoms with Gasteiger partial charge in [0, 0.05) is 31.9 Å². The average molecular weight is 370 g/mol. The second-order valence-corrected chi connectivity index (χ2v) is 6.64. The molecule has 2 unspecified atom stereocenters. The molecule has 27 heavy (non-hydrogen) atoms. The lowest BCUT2D eigenvalue weighted by Gasteiger charge is -2.34. The molecule has 142 valence electrons. The van der Waals surface area contributed by atoms with Crippen molar-refractivity contribution in [2.24, 2.45) is 11.8 Å². The van der Waals surface area contributed by atoms with Gasteiger partial charge in [0.2, 0.25) is 11.8 Å². The van der Waals surface area contributed by atoms with Gasteiger partial charge in [0.25, 0.3) is 0 Å². The van der Waals surface area contributed by atoms with E-state index in [9.17, 15) is 14.4 Å². The summed E-state index contributed by atoms with van der Waals surface area (Å²) in [6.45, 7) is 3.89. The highest BCUT2D eigenvalue weighted by Gasteiger charge is 2.49. The van der Waals surface area contributed by atoms with Crippen LogP contribution in [-0.4, -0.2) is 60.5 Å². The molecule has 0 radical (unpaired) electrons. The van der Waals surface area contributed by atoms with Gasteiger partial charge in [0.15, 0.2) is 0 Å². The van der Waals surface area contributed by atoms with Crippen molar-refractivity contribution < 1.29 is 19.1 Å². The molecule has 1 aliphatic heterocycles. The number of nitriles is 1. The van der Waals surface area contributed by atoms with Gasteiger partial charge in [-0.1, -0.05) is 0 Å². The number of hydrogen-bond acceptors (Lipinski definition) is 5. The largest absolute Gasteiger partial charge is 0.450 e. The van der Waals surface area contributed by atoms with Crippen molar-refractivity contribution >= 4 is 23.6 Å². The summed E-state index contributed by atoms with van der Waals surface area (Å²) in [5.74, 6) is -0.824. The van der Waals surface area contributed by atoms with Gasteiger partial charge in [0.1, 0.15) is 0 Å². The predicted octanol–water partition coefficient (Wildman–Crippen LogP) is 1.43. The van der Waals surface area contributed by atoms with E-state index in [0.717, 1.165) is 0 Å². The first-order valence-electron chi connectivity index (χ1n) is 9.05. The molecule has 1 heterocycles. The summed E-state index contributed by atoms with van der Waals surface area (Å²) in [5.41, 5.74) is 1.13. The van der Waals surface area contributed by atoms with Gasteiger partial charge in [-0.25, -0.2) is 4.79 Å². The highest BCUT2D eigenvalue weighted by molar-refractivity contribution is 5.99. The van der Waals surface area contributed by atoms with Gasteiger partial charge < -0.3 is 19.9 Å². The van der Waals surface area contributed by atoms with Crippen LogP contribution in [0.15, 0.2) is 24.3 Å². The van der Waals surface area contributed by atoms with Gasteiger partial charge in [0.05, 0.1) is 30.1 Å². The Labute approximate surface area is 157 Å². The number of rotatable bonds is 4. The Balaban J connectivity index is 1.47. The number of anilines is 1. The minimum atomic E-state index is -0.351. The summed E-state index contributed by atoms with van der Waals surface area (Å²) < 4.78 is 4.97. The number of piperazine rings is 1. The lowest BCUT2D eigenvalue weighted by molar-refractivity contribution is -0.135. The van der Waals surface area contributed by atoms with Crippen LogP contribution < -0.4 is 5.32 Å². The SMILES string of the molecule is CCOC(=O)N1CCN(C(=O)C2CC2C(=O)Nc2ccc(C#N)cc2)CC1. The Bertz CT molecular complexity index is 763. The van der Waals surface area contributed by atoms with Gasteiger partial charge in [-0.05, 0) is 37.6 Å². The lowest BCUT2D eigenvalue weighted by Crippen LogP contribution is -2.51. The minimum Gasteiger partial charge on any atom is -0.450 e. The fraction of sp³-hybridized carbons (Fsp3) is 0.474. The molecule has 1 saturated carbocycles. The predicted molar refractivity (Wildman–Crippen MR) is 96.6 cm³/mol. The first kappa shape index (κ1) is 18.7. The maximum Gasteiger partial charge on any atom is 0.409 e. The number of amides is 3. The zero-order chi connectivity index (χ0) is 19.4. The minimum absolute atomic E-state index is 0.0292. The molecule has 1 aliphatic carbocycles. The quantitative estimate of drug-likeness (QED) is 0.864. The van der Waals surface area contributed by atoms with Crippen molar-refractivity contribution in [1.82, 2.24) is 9.80 Å². The van der Waals surface area contributed by atoms with Crippen LogP contribution in [0.5, 0.6) is 0 Å². The van der Waals surface area contributed by atoms with E-state index >= 15 is 0 Å². The molecule has 8 nitrogen and oxygen atoms in total. The first-order valence-corrected chi connectivity index (χ1v) is 9.05. The Hall–Kier alpha value is -3.08. The van der Waals surface area contributed by atoms with Crippen LogP contribution in [0.3, 0.4) is 0 Å². The zero-order valence-electron chi connectivity index (χ0n) is 15.2. The number of carbonyl (C=O) groups is 3. The Morgan fingerprint density at radius 3 is 2.33 bits per heavy atom. The van der Waals surface area contributed by atoms with E-state index in [2.05, 4.69) is 5.32 Å². The Morgan fingerprint density at radius 1 is 1.11 bits per heavy atom. The average Bonchev–Trinajstić information content (AvgIpc) is 3.49. The highest BCUT2D eigenvalue weighted by Crippen LogP contribution is 2.41. The Kier molecular flexibility index (Phi) is 5.60. The van der Waals surface area contributed by atoms with Crippen molar-refractivity contribution in [3.05, 3.63) is 29.8 Å². The van der Waals surface area contributed by atoms with Gasteiger partial charge in [-0.3, -0.25) is 9.59 Å². The van der Waals surface area contributed by atoms with Crippen molar-refractivity contribution in [1.29, 1.82) is 5.26 Å². The third kappa shape index (κ3) is 4.37. The van der Waals surface area contributed by atoms with E-state index in [4.69, 9.17) is 10.00 Å². The van der Waals surface area contributed by atoms with Crippen molar-refractivity contribution in [3.63, 3.8) is 0 Å². The van der Waals surface area contributed by atoms with Crippen LogP contribution in [0.4, 0.5) is 10.5 Å². The monoisotopic (exact) mass is 370 g/mol. The Morgan fingerprint density at radius 2 is 1.74 bits per heavy atom. The van der Waals surface area contributed by atoms with Gasteiger partial charge in [-0.2, -0.15) is 5.26 Å². The summed E-state index contributed by atoms with van der Waals surface area (Å²) >= 11 is 0. The van der Waals surface area contributed by atoms with Crippen LogP contribution in [0.1, 0.15) is 18.9 Å². The third-order valence-electron chi connectivity index (χ3n) is 4.84. The molecular formula is C19H22N4O4. The molecule has 1 aromatic carbocycles. The van der Waals surface area contributed by atoms with E-state index in [1.165, 1.54) is 0 Å². The molecule has 1 saturated heterocycles. The number of nitrogens with one attached hydrogen (secondary N) is 1. The number of hydrogen-bond donors (Lipinski definition) is 1. The molecule has 2 atom stereocenters. The normalized spacial score (nSPS) is 21.2. The van der Waals surface area contributed by atoms with Crippen LogP contribution in [-0.2, 0) is 14.3 Å². The topological polar surface area (TPSA) is 103 Å². The summed E-state index contributed by atoms with van der Waals surface area (Å²) in [6.07, 6.45) is 0.189. The second kappa shape index (κ2) is 8.08. The molecule has 2 aliphatic rings. The fourth-order valence-electron chi connectivity index (χ4n) is 3.18. The molecule has 0 aromatic heterocycles. The van der Waals surface area contributed by atoms with Crippen LogP contribution in [0.25, 0.3) is 0 Å². The molecule has 3 rings (SSSR count).